The highest BCUT2D eigenvalue weighted by atomic mass is 16.3. The zero-order chi connectivity index (χ0) is 15.2. The molecule has 0 saturated heterocycles. The minimum absolute atomic E-state index is 0.0809. The van der Waals surface area contributed by atoms with Crippen LogP contribution in [0, 0.1) is 11.8 Å². The third kappa shape index (κ3) is 7.61. The minimum Gasteiger partial charge on any atom is -0.394 e. The van der Waals surface area contributed by atoms with E-state index >= 15 is 0 Å². The van der Waals surface area contributed by atoms with E-state index in [1.807, 2.05) is 0 Å². The number of nitrogens with zero attached hydrogens (tertiary/aromatic N) is 1. The largest absolute Gasteiger partial charge is 0.394 e. The van der Waals surface area contributed by atoms with E-state index in [2.05, 4.69) is 44.8 Å². The Hall–Kier alpha value is -0.120. The maximum Gasteiger partial charge on any atom is 0.0610 e. The van der Waals surface area contributed by atoms with E-state index in [4.69, 9.17) is 0 Å². The van der Waals surface area contributed by atoms with Gasteiger partial charge in [-0.05, 0) is 51.0 Å². The summed E-state index contributed by atoms with van der Waals surface area (Å²) in [7, 11) is 0. The van der Waals surface area contributed by atoms with Crippen molar-refractivity contribution in [2.45, 2.75) is 71.9 Å². The van der Waals surface area contributed by atoms with E-state index in [0.29, 0.717) is 6.04 Å². The predicted octanol–water partition coefficient (Wildman–Crippen LogP) is 2.88. The summed E-state index contributed by atoms with van der Waals surface area (Å²) in [5, 5.41) is 13.2. The predicted molar refractivity (Wildman–Crippen MR) is 87.0 cm³/mol. The van der Waals surface area contributed by atoms with Crippen LogP contribution in [0.1, 0.15) is 60.3 Å². The van der Waals surface area contributed by atoms with Gasteiger partial charge in [0.25, 0.3) is 0 Å². The minimum atomic E-state index is -0.0809. The van der Waals surface area contributed by atoms with Crippen molar-refractivity contribution >= 4 is 0 Å². The normalized spacial score (nSPS) is 19.1. The molecule has 0 aromatic heterocycles. The van der Waals surface area contributed by atoms with E-state index in [-0.39, 0.29) is 12.1 Å². The molecule has 0 aromatic carbocycles. The lowest BCUT2D eigenvalue weighted by atomic mass is 9.96. The van der Waals surface area contributed by atoms with Crippen LogP contribution in [0.5, 0.6) is 0 Å². The molecule has 1 rings (SSSR count). The van der Waals surface area contributed by atoms with Crippen molar-refractivity contribution < 1.29 is 5.11 Å². The average Bonchev–Trinajstić information content (AvgIpc) is 3.11. The van der Waals surface area contributed by atoms with Crippen LogP contribution in [-0.2, 0) is 0 Å². The monoisotopic (exact) mass is 284 g/mol. The van der Waals surface area contributed by atoms with Crippen LogP contribution in [-0.4, -0.2) is 47.8 Å². The van der Waals surface area contributed by atoms with Crippen LogP contribution in [0.25, 0.3) is 0 Å². The lowest BCUT2D eigenvalue weighted by molar-refractivity contribution is 0.149. The van der Waals surface area contributed by atoms with Gasteiger partial charge in [0.15, 0.2) is 0 Å². The van der Waals surface area contributed by atoms with Crippen molar-refractivity contribution in [2.24, 2.45) is 11.8 Å². The zero-order valence-corrected chi connectivity index (χ0v) is 14.3. The molecule has 1 unspecified atom stereocenters. The van der Waals surface area contributed by atoms with Crippen LogP contribution < -0.4 is 5.32 Å². The third-order valence-electron chi connectivity index (χ3n) is 3.93. The SMILES string of the molecule is CC(C)CN(CCCC(C)(CO)NC1CC1)CC(C)C. The summed E-state index contributed by atoms with van der Waals surface area (Å²) in [6, 6.07) is 0.662. The van der Waals surface area contributed by atoms with Gasteiger partial charge in [-0.3, -0.25) is 0 Å². The summed E-state index contributed by atoms with van der Waals surface area (Å²) >= 11 is 0. The van der Waals surface area contributed by atoms with Crippen LogP contribution in [0.2, 0.25) is 0 Å². The first-order valence-corrected chi connectivity index (χ1v) is 8.45. The Labute approximate surface area is 126 Å². The molecule has 0 heterocycles. The first kappa shape index (κ1) is 17.9. The van der Waals surface area contributed by atoms with Gasteiger partial charge in [0.1, 0.15) is 0 Å². The molecule has 0 radical (unpaired) electrons. The Balaban J connectivity index is 2.32. The highest BCUT2D eigenvalue weighted by Gasteiger charge is 2.31. The van der Waals surface area contributed by atoms with Crippen molar-refractivity contribution in [2.75, 3.05) is 26.2 Å². The van der Waals surface area contributed by atoms with Crippen LogP contribution in [0.4, 0.5) is 0 Å². The molecule has 1 fully saturated rings. The van der Waals surface area contributed by atoms with Crippen molar-refractivity contribution in [3.63, 3.8) is 0 Å². The molecule has 0 aliphatic heterocycles. The Morgan fingerprint density at radius 2 is 1.70 bits per heavy atom. The second-order valence-corrected chi connectivity index (χ2v) is 7.79. The van der Waals surface area contributed by atoms with Crippen LogP contribution in [0.15, 0.2) is 0 Å². The van der Waals surface area contributed by atoms with Crippen LogP contribution >= 0.6 is 0 Å². The molecular formula is C17H36N2O. The maximum atomic E-state index is 9.64. The Kier molecular flexibility index (Phi) is 7.49. The molecule has 20 heavy (non-hydrogen) atoms. The van der Waals surface area contributed by atoms with Gasteiger partial charge in [0, 0.05) is 24.7 Å². The maximum absolute atomic E-state index is 9.64. The second-order valence-electron chi connectivity index (χ2n) is 7.79. The van der Waals surface area contributed by atoms with Crippen LogP contribution in [0.3, 0.4) is 0 Å². The summed E-state index contributed by atoms with van der Waals surface area (Å²) in [5.41, 5.74) is -0.0809. The fourth-order valence-electron chi connectivity index (χ4n) is 2.90. The highest BCUT2D eigenvalue weighted by molar-refractivity contribution is 4.92. The van der Waals surface area contributed by atoms with Gasteiger partial charge in [0.2, 0.25) is 0 Å². The molecule has 3 nitrogen and oxygen atoms in total. The van der Waals surface area contributed by atoms with Gasteiger partial charge >= 0.3 is 0 Å². The van der Waals surface area contributed by atoms with E-state index in [0.717, 1.165) is 31.2 Å². The summed E-state index contributed by atoms with van der Waals surface area (Å²) in [6.45, 7) is 15.1. The zero-order valence-electron chi connectivity index (χ0n) is 14.3. The fourth-order valence-corrected chi connectivity index (χ4v) is 2.90. The number of rotatable bonds is 11. The quantitative estimate of drug-likeness (QED) is 0.612. The molecule has 120 valence electrons. The summed E-state index contributed by atoms with van der Waals surface area (Å²) in [5.74, 6) is 1.45. The van der Waals surface area contributed by atoms with Crippen molar-refractivity contribution in [1.29, 1.82) is 0 Å². The first-order chi connectivity index (χ1) is 9.34. The second kappa shape index (κ2) is 8.35. The molecular weight excluding hydrogens is 248 g/mol. The molecule has 0 spiro atoms. The third-order valence-corrected chi connectivity index (χ3v) is 3.93. The Bertz CT molecular complexity index is 254. The summed E-state index contributed by atoms with van der Waals surface area (Å²) < 4.78 is 0. The fraction of sp³-hybridized carbons (Fsp3) is 1.00. The molecule has 0 amide bonds. The van der Waals surface area contributed by atoms with E-state index in [9.17, 15) is 5.11 Å². The molecule has 1 aliphatic rings. The molecule has 0 bridgehead atoms. The van der Waals surface area contributed by atoms with Gasteiger partial charge in [-0.25, -0.2) is 0 Å². The summed E-state index contributed by atoms with van der Waals surface area (Å²) in [4.78, 5) is 2.59. The molecule has 1 atom stereocenters. The van der Waals surface area contributed by atoms with Crippen molar-refractivity contribution in [3.8, 4) is 0 Å². The van der Waals surface area contributed by atoms with Gasteiger partial charge in [-0.15, -0.1) is 0 Å². The lowest BCUT2D eigenvalue weighted by Gasteiger charge is -2.31. The molecule has 3 heteroatoms. The van der Waals surface area contributed by atoms with Gasteiger partial charge in [0.05, 0.1) is 6.61 Å². The highest BCUT2D eigenvalue weighted by Crippen LogP contribution is 2.24. The molecule has 1 aliphatic carbocycles. The number of nitrogens with one attached hydrogen (secondary N) is 1. The van der Waals surface area contributed by atoms with Gasteiger partial charge < -0.3 is 15.3 Å². The smallest absolute Gasteiger partial charge is 0.0610 e. The Morgan fingerprint density at radius 1 is 1.15 bits per heavy atom. The van der Waals surface area contributed by atoms with E-state index in [1.54, 1.807) is 0 Å². The topological polar surface area (TPSA) is 35.5 Å². The van der Waals surface area contributed by atoms with E-state index < -0.39 is 0 Å². The lowest BCUT2D eigenvalue weighted by Crippen LogP contribution is -2.47. The molecule has 2 N–H and O–H groups in total. The summed E-state index contributed by atoms with van der Waals surface area (Å²) in [6.07, 6.45) is 4.79. The standard InChI is InChI=1S/C17H36N2O/c1-14(2)11-19(12-15(3)4)10-6-9-17(5,13-20)18-16-7-8-16/h14-16,18,20H,6-13H2,1-5H3. The molecule has 0 aromatic rings. The number of hydrogen-bond acceptors (Lipinski definition) is 3. The number of aliphatic hydroxyl groups excluding tert-OH is 1. The van der Waals surface area contributed by atoms with Gasteiger partial charge in [-0.2, -0.15) is 0 Å². The van der Waals surface area contributed by atoms with E-state index in [1.165, 1.54) is 25.9 Å². The van der Waals surface area contributed by atoms with Gasteiger partial charge in [-0.1, -0.05) is 27.7 Å². The average molecular weight is 284 g/mol. The molecule has 1 saturated carbocycles. The number of hydrogen-bond donors (Lipinski definition) is 2. The van der Waals surface area contributed by atoms with Crippen molar-refractivity contribution in [1.82, 2.24) is 10.2 Å². The first-order valence-electron chi connectivity index (χ1n) is 8.45. The Morgan fingerprint density at radius 3 is 2.10 bits per heavy atom. The van der Waals surface area contributed by atoms with Crippen molar-refractivity contribution in [3.05, 3.63) is 0 Å². The number of aliphatic hydroxyl groups is 1.